The lowest BCUT2D eigenvalue weighted by atomic mass is 9.76. The van der Waals surface area contributed by atoms with Gasteiger partial charge in [-0.1, -0.05) is 61.2 Å². The minimum Gasteiger partial charge on any atom is -0.385 e. The minimum atomic E-state index is -0.907. The van der Waals surface area contributed by atoms with Crippen LogP contribution in [0.4, 0.5) is 0 Å². The zero-order valence-corrected chi connectivity index (χ0v) is 15.7. The van der Waals surface area contributed by atoms with Crippen molar-refractivity contribution in [2.24, 2.45) is 0 Å². The van der Waals surface area contributed by atoms with Gasteiger partial charge in [-0.05, 0) is 50.3 Å². The third kappa shape index (κ3) is 4.00. The molecule has 2 unspecified atom stereocenters. The quantitative estimate of drug-likeness (QED) is 0.755. The van der Waals surface area contributed by atoms with Crippen LogP contribution < -0.4 is 0 Å². The number of likely N-dealkylation sites (tertiary alicyclic amines) is 1. The van der Waals surface area contributed by atoms with E-state index in [1.165, 1.54) is 5.56 Å². The molecule has 0 amide bonds. The number of halogens is 1. The molecule has 1 heterocycles. The largest absolute Gasteiger partial charge is 0.385 e. The Bertz CT molecular complexity index is 622. The summed E-state index contributed by atoms with van der Waals surface area (Å²) in [5, 5.41) is 11.8. The van der Waals surface area contributed by atoms with Gasteiger partial charge in [0.05, 0.1) is 5.60 Å². The van der Waals surface area contributed by atoms with Crippen LogP contribution in [-0.2, 0) is 6.54 Å². The SMILES string of the molecule is C=C/C(=C(/C)C(=C)Cl)C1(O)CC(C)N(Cc2ccccc2)C(C)C1. The smallest absolute Gasteiger partial charge is 0.0929 e. The summed E-state index contributed by atoms with van der Waals surface area (Å²) in [6, 6.07) is 11.0. The highest BCUT2D eigenvalue weighted by atomic mass is 35.5. The average Bonchev–Trinajstić information content (AvgIpc) is 2.52. The van der Waals surface area contributed by atoms with Crippen molar-refractivity contribution in [1.82, 2.24) is 4.90 Å². The van der Waals surface area contributed by atoms with E-state index in [0.29, 0.717) is 17.9 Å². The monoisotopic (exact) mass is 345 g/mol. The number of hydrogen-bond acceptors (Lipinski definition) is 2. The number of piperidine rings is 1. The third-order valence-electron chi connectivity index (χ3n) is 5.12. The fraction of sp³-hybridized carbons (Fsp3) is 0.429. The van der Waals surface area contributed by atoms with E-state index in [9.17, 15) is 5.11 Å². The summed E-state index contributed by atoms with van der Waals surface area (Å²) in [7, 11) is 0. The van der Waals surface area contributed by atoms with Gasteiger partial charge in [0.2, 0.25) is 0 Å². The number of hydrogen-bond donors (Lipinski definition) is 1. The molecule has 24 heavy (non-hydrogen) atoms. The lowest BCUT2D eigenvalue weighted by Crippen LogP contribution is -2.54. The van der Waals surface area contributed by atoms with E-state index in [-0.39, 0.29) is 12.1 Å². The lowest BCUT2D eigenvalue weighted by molar-refractivity contribution is -0.0438. The topological polar surface area (TPSA) is 23.5 Å². The lowest BCUT2D eigenvalue weighted by Gasteiger charge is -2.48. The minimum absolute atomic E-state index is 0.255. The number of benzene rings is 1. The molecule has 0 bridgehead atoms. The van der Waals surface area contributed by atoms with Gasteiger partial charge in [-0.15, -0.1) is 0 Å². The van der Waals surface area contributed by atoms with Crippen LogP contribution in [-0.4, -0.2) is 27.7 Å². The molecule has 2 nitrogen and oxygen atoms in total. The molecule has 1 aromatic carbocycles. The summed E-state index contributed by atoms with van der Waals surface area (Å²) in [6.07, 6.45) is 3.05. The van der Waals surface area contributed by atoms with Crippen LogP contribution in [0.15, 0.2) is 65.7 Å². The van der Waals surface area contributed by atoms with Gasteiger partial charge in [0.25, 0.3) is 0 Å². The Kier molecular flexibility index (Phi) is 6.08. The first-order valence-electron chi connectivity index (χ1n) is 8.49. The number of aliphatic hydroxyl groups is 1. The molecule has 1 aliphatic heterocycles. The second kappa shape index (κ2) is 7.69. The van der Waals surface area contributed by atoms with E-state index in [1.807, 2.05) is 13.0 Å². The van der Waals surface area contributed by atoms with Gasteiger partial charge in [-0.3, -0.25) is 4.90 Å². The first kappa shape index (κ1) is 19.0. The summed E-state index contributed by atoms with van der Waals surface area (Å²) >= 11 is 6.07. The van der Waals surface area contributed by atoms with Crippen LogP contribution in [0, 0.1) is 0 Å². The maximum Gasteiger partial charge on any atom is 0.0929 e. The average molecular weight is 346 g/mol. The zero-order valence-electron chi connectivity index (χ0n) is 14.9. The molecule has 0 saturated carbocycles. The van der Waals surface area contributed by atoms with Crippen molar-refractivity contribution in [2.75, 3.05) is 0 Å². The van der Waals surface area contributed by atoms with E-state index in [2.05, 4.69) is 56.2 Å². The molecule has 1 aliphatic rings. The Labute approximate surface area is 151 Å². The molecular formula is C21H28ClNO. The molecule has 2 rings (SSSR count). The highest BCUT2D eigenvalue weighted by Crippen LogP contribution is 2.39. The van der Waals surface area contributed by atoms with Crippen molar-refractivity contribution < 1.29 is 5.11 Å². The van der Waals surface area contributed by atoms with Crippen LogP contribution >= 0.6 is 11.6 Å². The van der Waals surface area contributed by atoms with Crippen molar-refractivity contribution in [2.45, 2.75) is 57.8 Å². The van der Waals surface area contributed by atoms with Crippen LogP contribution in [0.25, 0.3) is 0 Å². The van der Waals surface area contributed by atoms with E-state index < -0.39 is 5.60 Å². The van der Waals surface area contributed by atoms with Gasteiger partial charge in [0.15, 0.2) is 0 Å². The first-order chi connectivity index (χ1) is 11.3. The summed E-state index contributed by atoms with van der Waals surface area (Å²) in [4.78, 5) is 2.45. The van der Waals surface area contributed by atoms with Crippen LogP contribution in [0.3, 0.4) is 0 Å². The molecule has 2 atom stereocenters. The molecule has 1 aromatic rings. The fourth-order valence-corrected chi connectivity index (χ4v) is 4.00. The van der Waals surface area contributed by atoms with E-state index in [0.717, 1.165) is 17.7 Å². The predicted molar refractivity (Wildman–Crippen MR) is 103 cm³/mol. The molecule has 0 radical (unpaired) electrons. The Hall–Kier alpha value is -1.35. The fourth-order valence-electron chi connectivity index (χ4n) is 3.89. The molecule has 0 aromatic heterocycles. The number of nitrogens with zero attached hydrogens (tertiary/aromatic N) is 1. The summed E-state index contributed by atoms with van der Waals surface area (Å²) in [6.45, 7) is 14.8. The first-order valence-corrected chi connectivity index (χ1v) is 8.87. The summed E-state index contributed by atoms with van der Waals surface area (Å²) in [5.41, 5.74) is 2.02. The van der Waals surface area contributed by atoms with Crippen molar-refractivity contribution >= 4 is 11.6 Å². The molecular weight excluding hydrogens is 318 g/mol. The summed E-state index contributed by atoms with van der Waals surface area (Å²) < 4.78 is 0. The van der Waals surface area contributed by atoms with Gasteiger partial charge >= 0.3 is 0 Å². The second-order valence-electron chi connectivity index (χ2n) is 6.94. The van der Waals surface area contributed by atoms with Crippen LogP contribution in [0.1, 0.15) is 39.2 Å². The molecule has 0 aliphatic carbocycles. The predicted octanol–water partition coefficient (Wildman–Crippen LogP) is 5.05. The van der Waals surface area contributed by atoms with Gasteiger partial charge in [0, 0.05) is 23.7 Å². The molecule has 1 N–H and O–H groups in total. The maximum absolute atomic E-state index is 11.3. The molecule has 130 valence electrons. The van der Waals surface area contributed by atoms with Crippen LogP contribution in [0.5, 0.6) is 0 Å². The Balaban J connectivity index is 2.24. The molecule has 1 saturated heterocycles. The Morgan fingerprint density at radius 1 is 1.29 bits per heavy atom. The third-order valence-corrected chi connectivity index (χ3v) is 5.41. The van der Waals surface area contributed by atoms with E-state index in [4.69, 9.17) is 11.6 Å². The molecule has 1 fully saturated rings. The van der Waals surface area contributed by atoms with Crippen molar-refractivity contribution in [1.29, 1.82) is 0 Å². The molecule has 0 spiro atoms. The Morgan fingerprint density at radius 2 is 1.83 bits per heavy atom. The summed E-state index contributed by atoms with van der Waals surface area (Å²) in [5.74, 6) is 0. The highest BCUT2D eigenvalue weighted by Gasteiger charge is 2.42. The van der Waals surface area contributed by atoms with Crippen molar-refractivity contribution in [3.8, 4) is 0 Å². The Morgan fingerprint density at radius 3 is 2.29 bits per heavy atom. The van der Waals surface area contributed by atoms with Gasteiger partial charge < -0.3 is 5.11 Å². The van der Waals surface area contributed by atoms with Gasteiger partial charge in [0.1, 0.15) is 0 Å². The zero-order chi connectivity index (χ0) is 17.9. The number of rotatable bonds is 5. The molecule has 3 heteroatoms. The van der Waals surface area contributed by atoms with Crippen LogP contribution in [0.2, 0.25) is 0 Å². The second-order valence-corrected chi connectivity index (χ2v) is 7.40. The normalized spacial score (nSPS) is 29.0. The van der Waals surface area contributed by atoms with Crippen molar-refractivity contribution in [3.05, 3.63) is 71.3 Å². The van der Waals surface area contributed by atoms with E-state index >= 15 is 0 Å². The van der Waals surface area contributed by atoms with Gasteiger partial charge in [-0.25, -0.2) is 0 Å². The van der Waals surface area contributed by atoms with Gasteiger partial charge in [-0.2, -0.15) is 0 Å². The maximum atomic E-state index is 11.3. The van der Waals surface area contributed by atoms with Crippen molar-refractivity contribution in [3.63, 3.8) is 0 Å². The standard InChI is InChI=1S/C21H28ClNO/c1-6-20(17(4)18(5)22)21(24)12-15(2)23(16(3)13-21)14-19-10-8-7-9-11-19/h6-11,15-16,24H,1,5,12-14H2,2-4H3/b20-17+. The number of allylic oxidation sites excluding steroid dienone is 2. The van der Waals surface area contributed by atoms with E-state index in [1.54, 1.807) is 6.08 Å². The highest BCUT2D eigenvalue weighted by molar-refractivity contribution is 6.31.